The molecule has 5 nitrogen and oxygen atoms in total. The van der Waals surface area contributed by atoms with Crippen molar-refractivity contribution in [3.05, 3.63) is 92.9 Å². The molecule has 160 valence electrons. The van der Waals surface area contributed by atoms with E-state index in [9.17, 15) is 9.90 Å². The number of carbonyl (C=O) groups excluding carboxylic acids is 1. The number of amides is 1. The molecule has 1 amide bonds. The van der Waals surface area contributed by atoms with Gasteiger partial charge in [0, 0.05) is 26.6 Å². The lowest BCUT2D eigenvalue weighted by molar-refractivity contribution is 0.0956. The van der Waals surface area contributed by atoms with Gasteiger partial charge in [0.25, 0.3) is 5.91 Å². The lowest BCUT2D eigenvalue weighted by atomic mass is 10.0. The maximum absolute atomic E-state index is 13.1. The van der Waals surface area contributed by atoms with Crippen molar-refractivity contribution in [2.24, 2.45) is 5.10 Å². The number of hydrogen-bond acceptors (Lipinski definition) is 4. The molecule has 3 aromatic carbocycles. The molecule has 2 N–H and O–H groups in total. The van der Waals surface area contributed by atoms with Crippen molar-refractivity contribution in [2.75, 3.05) is 0 Å². The first-order chi connectivity index (χ1) is 15.3. The Kier molecular flexibility index (Phi) is 6.33. The van der Waals surface area contributed by atoms with Crippen molar-refractivity contribution in [2.45, 2.75) is 6.92 Å². The molecule has 0 bridgehead atoms. The van der Waals surface area contributed by atoms with Crippen molar-refractivity contribution in [1.82, 2.24) is 10.4 Å². The average molecular weight is 485 g/mol. The summed E-state index contributed by atoms with van der Waals surface area (Å²) in [6.07, 6.45) is 0. The molecule has 1 aromatic heterocycles. The van der Waals surface area contributed by atoms with Gasteiger partial charge in [0.05, 0.1) is 27.5 Å². The SMILES string of the molecule is C/C(=N\NC(=O)c1cc(-c2ccc(Cl)cc2Cl)nc2ccccc12)c1cc(Cl)ccc1O. The van der Waals surface area contributed by atoms with Crippen molar-refractivity contribution >= 4 is 57.3 Å². The largest absolute Gasteiger partial charge is 0.507 e. The first kappa shape index (κ1) is 22.1. The molecular formula is C24H16Cl3N3O2. The number of para-hydroxylation sites is 1. The molecule has 0 aliphatic rings. The maximum Gasteiger partial charge on any atom is 0.272 e. The second-order valence-electron chi connectivity index (χ2n) is 7.00. The number of carbonyl (C=O) groups is 1. The summed E-state index contributed by atoms with van der Waals surface area (Å²) in [7, 11) is 0. The molecule has 0 radical (unpaired) electrons. The number of pyridine rings is 1. The van der Waals surface area contributed by atoms with E-state index < -0.39 is 5.91 Å². The lowest BCUT2D eigenvalue weighted by Crippen LogP contribution is -2.20. The van der Waals surface area contributed by atoms with E-state index in [0.717, 1.165) is 0 Å². The van der Waals surface area contributed by atoms with E-state index in [1.54, 1.807) is 43.3 Å². The number of fused-ring (bicyclic) bond motifs is 1. The van der Waals surface area contributed by atoms with Gasteiger partial charge in [0.1, 0.15) is 5.75 Å². The molecule has 32 heavy (non-hydrogen) atoms. The van der Waals surface area contributed by atoms with E-state index in [2.05, 4.69) is 15.5 Å². The van der Waals surface area contributed by atoms with Gasteiger partial charge in [-0.25, -0.2) is 10.4 Å². The molecule has 4 rings (SSSR count). The number of halogens is 3. The highest BCUT2D eigenvalue weighted by Crippen LogP contribution is 2.32. The Balaban J connectivity index is 1.74. The van der Waals surface area contributed by atoms with Crippen LogP contribution in [0.3, 0.4) is 0 Å². The molecule has 0 unspecified atom stereocenters. The Labute approximate surface area is 199 Å². The molecule has 0 saturated heterocycles. The minimum atomic E-state index is -0.434. The van der Waals surface area contributed by atoms with Crippen molar-refractivity contribution < 1.29 is 9.90 Å². The third kappa shape index (κ3) is 4.55. The second kappa shape index (κ2) is 9.17. The monoisotopic (exact) mass is 483 g/mol. The lowest BCUT2D eigenvalue weighted by Gasteiger charge is -2.11. The van der Waals surface area contributed by atoms with Gasteiger partial charge >= 0.3 is 0 Å². The van der Waals surface area contributed by atoms with Gasteiger partial charge in [-0.15, -0.1) is 0 Å². The van der Waals surface area contributed by atoms with E-state index >= 15 is 0 Å². The summed E-state index contributed by atoms with van der Waals surface area (Å²) in [6.45, 7) is 1.66. The van der Waals surface area contributed by atoms with Gasteiger partial charge in [-0.1, -0.05) is 53.0 Å². The van der Waals surface area contributed by atoms with Crippen LogP contribution in [0.25, 0.3) is 22.2 Å². The third-order valence-corrected chi connectivity index (χ3v) is 5.62. The highest BCUT2D eigenvalue weighted by molar-refractivity contribution is 6.36. The Morgan fingerprint density at radius 3 is 2.44 bits per heavy atom. The van der Waals surface area contributed by atoms with E-state index in [-0.39, 0.29) is 5.75 Å². The van der Waals surface area contributed by atoms with Crippen molar-refractivity contribution in [3.8, 4) is 17.0 Å². The zero-order chi connectivity index (χ0) is 22.8. The number of phenols is 1. The molecule has 0 spiro atoms. The van der Waals surface area contributed by atoms with Gasteiger partial charge in [-0.3, -0.25) is 4.79 Å². The smallest absolute Gasteiger partial charge is 0.272 e. The molecule has 0 fully saturated rings. The summed E-state index contributed by atoms with van der Waals surface area (Å²) in [5.74, 6) is -0.422. The summed E-state index contributed by atoms with van der Waals surface area (Å²) < 4.78 is 0. The van der Waals surface area contributed by atoms with Crippen LogP contribution in [0.5, 0.6) is 5.75 Å². The van der Waals surface area contributed by atoms with Crippen molar-refractivity contribution in [3.63, 3.8) is 0 Å². The zero-order valence-corrected chi connectivity index (χ0v) is 19.0. The number of aromatic nitrogens is 1. The standard InChI is InChI=1S/C24H16Cl3N3O2/c1-13(18-10-14(25)7-9-23(18)31)29-30-24(32)19-12-22(17-8-6-15(26)11-20(17)27)28-21-5-3-2-4-16(19)21/h2-12,31H,1H3,(H,30,32)/b29-13+. The van der Waals surface area contributed by atoms with Gasteiger partial charge in [0.15, 0.2) is 0 Å². The maximum atomic E-state index is 13.1. The van der Waals surface area contributed by atoms with Gasteiger partial charge in [0.2, 0.25) is 0 Å². The Bertz CT molecular complexity index is 1390. The first-order valence-electron chi connectivity index (χ1n) is 9.52. The molecule has 0 saturated carbocycles. The van der Waals surface area contributed by atoms with Crippen LogP contribution < -0.4 is 5.43 Å². The third-order valence-electron chi connectivity index (χ3n) is 4.84. The fourth-order valence-electron chi connectivity index (χ4n) is 3.25. The van der Waals surface area contributed by atoms with Crippen LogP contribution >= 0.6 is 34.8 Å². The highest BCUT2D eigenvalue weighted by atomic mass is 35.5. The molecule has 0 aliphatic carbocycles. The molecule has 0 atom stereocenters. The molecule has 8 heteroatoms. The average Bonchev–Trinajstić information content (AvgIpc) is 2.78. The minimum Gasteiger partial charge on any atom is -0.507 e. The fourth-order valence-corrected chi connectivity index (χ4v) is 3.93. The second-order valence-corrected chi connectivity index (χ2v) is 8.28. The number of rotatable bonds is 4. The summed E-state index contributed by atoms with van der Waals surface area (Å²) in [5.41, 5.74) is 5.57. The Hall–Kier alpha value is -3.12. The first-order valence-corrected chi connectivity index (χ1v) is 10.7. The van der Waals surface area contributed by atoms with Crippen LogP contribution in [0.2, 0.25) is 15.1 Å². The number of hydrogen-bond donors (Lipinski definition) is 2. The van der Waals surface area contributed by atoms with Gasteiger partial charge < -0.3 is 5.11 Å². The van der Waals surface area contributed by atoms with E-state index in [4.69, 9.17) is 34.8 Å². The Morgan fingerprint density at radius 2 is 1.66 bits per heavy atom. The fraction of sp³-hybridized carbons (Fsp3) is 0.0417. The topological polar surface area (TPSA) is 74.6 Å². The zero-order valence-electron chi connectivity index (χ0n) is 16.7. The van der Waals surface area contributed by atoms with Crippen LogP contribution in [0.15, 0.2) is 71.8 Å². The molecule has 4 aromatic rings. The van der Waals surface area contributed by atoms with Crippen LogP contribution in [-0.4, -0.2) is 21.7 Å². The summed E-state index contributed by atoms with van der Waals surface area (Å²) in [6, 6.07) is 18.7. The van der Waals surface area contributed by atoms with E-state index in [0.29, 0.717) is 54.1 Å². The molecule has 0 aliphatic heterocycles. The van der Waals surface area contributed by atoms with Crippen LogP contribution in [-0.2, 0) is 0 Å². The quantitative estimate of drug-likeness (QED) is 0.249. The van der Waals surface area contributed by atoms with Crippen LogP contribution in [0.1, 0.15) is 22.8 Å². The number of aromatic hydroxyl groups is 1. The summed E-state index contributed by atoms with van der Waals surface area (Å²) >= 11 is 18.4. The number of benzene rings is 3. The van der Waals surface area contributed by atoms with Gasteiger partial charge in [-0.05, 0) is 55.5 Å². The van der Waals surface area contributed by atoms with Crippen LogP contribution in [0.4, 0.5) is 0 Å². The summed E-state index contributed by atoms with van der Waals surface area (Å²) in [4.78, 5) is 17.7. The van der Waals surface area contributed by atoms with E-state index in [1.807, 2.05) is 24.3 Å². The number of nitrogens with one attached hydrogen (secondary N) is 1. The minimum absolute atomic E-state index is 0.0129. The number of nitrogens with zero attached hydrogens (tertiary/aromatic N) is 2. The summed E-state index contributed by atoms with van der Waals surface area (Å²) in [5, 5.41) is 16.2. The predicted octanol–water partition coefficient (Wildman–Crippen LogP) is 6.72. The van der Waals surface area contributed by atoms with Crippen LogP contribution in [0, 0.1) is 0 Å². The normalized spacial score (nSPS) is 11.6. The van der Waals surface area contributed by atoms with E-state index in [1.165, 1.54) is 6.07 Å². The number of phenolic OH excluding ortho intramolecular Hbond substituents is 1. The number of hydrazone groups is 1. The molecule has 1 heterocycles. The molecular weight excluding hydrogens is 469 g/mol. The Morgan fingerprint density at radius 1 is 0.938 bits per heavy atom. The van der Waals surface area contributed by atoms with Crippen molar-refractivity contribution in [1.29, 1.82) is 0 Å². The highest BCUT2D eigenvalue weighted by Gasteiger charge is 2.16. The predicted molar refractivity (Wildman–Crippen MR) is 130 cm³/mol. The van der Waals surface area contributed by atoms with Gasteiger partial charge in [-0.2, -0.15) is 5.10 Å².